The second-order valence-corrected chi connectivity index (χ2v) is 5.71. The molecule has 0 amide bonds. The molecule has 0 saturated carbocycles. The maximum absolute atomic E-state index is 5.63. The van der Waals surface area contributed by atoms with Gasteiger partial charge in [-0.2, -0.15) is 0 Å². The van der Waals surface area contributed by atoms with Gasteiger partial charge < -0.3 is 4.74 Å². The molecule has 1 heteroatoms. The molecule has 0 fully saturated rings. The number of hydrogen-bond donors (Lipinski definition) is 0. The Bertz CT molecular complexity index is 129. The molecule has 0 rings (SSSR count). The van der Waals surface area contributed by atoms with E-state index in [1.807, 2.05) is 0 Å². The van der Waals surface area contributed by atoms with Crippen LogP contribution in [0, 0.1) is 6.92 Å². The Morgan fingerprint density at radius 1 is 0.579 bits per heavy atom. The van der Waals surface area contributed by atoms with Crippen LogP contribution in [-0.2, 0) is 4.74 Å². The summed E-state index contributed by atoms with van der Waals surface area (Å²) < 4.78 is 5.63. The predicted octanol–water partition coefficient (Wildman–Crippen LogP) is 6.32. The van der Waals surface area contributed by atoms with E-state index in [9.17, 15) is 0 Å². The zero-order chi connectivity index (χ0) is 14.0. The van der Waals surface area contributed by atoms with Crippen LogP contribution in [0.25, 0.3) is 0 Å². The van der Waals surface area contributed by atoms with Crippen molar-refractivity contribution < 1.29 is 4.74 Å². The second kappa shape index (κ2) is 18.0. The Labute approximate surface area is 122 Å². The molecule has 0 saturated heterocycles. The highest BCUT2D eigenvalue weighted by Gasteiger charge is 1.93. The second-order valence-electron chi connectivity index (χ2n) is 5.71. The van der Waals surface area contributed by atoms with Crippen LogP contribution >= 0.6 is 0 Å². The normalized spacial score (nSPS) is 11.1. The molecule has 0 spiro atoms. The van der Waals surface area contributed by atoms with Gasteiger partial charge in [0.25, 0.3) is 0 Å². The van der Waals surface area contributed by atoms with Gasteiger partial charge in [0.1, 0.15) is 0 Å². The van der Waals surface area contributed by atoms with Gasteiger partial charge in [0.2, 0.25) is 0 Å². The minimum Gasteiger partial charge on any atom is -0.381 e. The van der Waals surface area contributed by atoms with Gasteiger partial charge in [-0.1, -0.05) is 90.9 Å². The summed E-state index contributed by atoms with van der Waals surface area (Å²) in [5, 5.41) is 0. The van der Waals surface area contributed by atoms with Crippen molar-refractivity contribution in [1.29, 1.82) is 0 Å². The van der Waals surface area contributed by atoms with Crippen LogP contribution in [0.5, 0.6) is 0 Å². The molecule has 1 radical (unpaired) electrons. The summed E-state index contributed by atoms with van der Waals surface area (Å²) in [5.41, 5.74) is 0. The Kier molecular flexibility index (Phi) is 17.9. The van der Waals surface area contributed by atoms with Crippen molar-refractivity contribution in [3.8, 4) is 0 Å². The van der Waals surface area contributed by atoms with E-state index in [0.29, 0.717) is 0 Å². The molecule has 0 unspecified atom stereocenters. The molecule has 0 heterocycles. The highest BCUT2D eigenvalue weighted by molar-refractivity contribution is 4.48. The van der Waals surface area contributed by atoms with Crippen LogP contribution < -0.4 is 0 Å². The molecule has 0 aliphatic carbocycles. The Balaban J connectivity index is 2.88. The average molecular weight is 269 g/mol. The lowest BCUT2D eigenvalue weighted by Gasteiger charge is -2.04. The average Bonchev–Trinajstić information content (AvgIpc) is 2.43. The summed E-state index contributed by atoms with van der Waals surface area (Å²) in [5.74, 6) is 0. The predicted molar refractivity (Wildman–Crippen MR) is 86.5 cm³/mol. The quantitative estimate of drug-likeness (QED) is 0.298. The maximum Gasteiger partial charge on any atom is 0.0466 e. The van der Waals surface area contributed by atoms with Gasteiger partial charge in [0.05, 0.1) is 0 Å². The minimum atomic E-state index is 0.956. The SMILES string of the molecule is [CH2]CCCCCOCCCCCCCCCCCC. The molecule has 19 heavy (non-hydrogen) atoms. The first-order chi connectivity index (χ1) is 9.41. The van der Waals surface area contributed by atoms with E-state index in [1.54, 1.807) is 0 Å². The van der Waals surface area contributed by atoms with Gasteiger partial charge in [0.15, 0.2) is 0 Å². The molecule has 0 N–H and O–H groups in total. The molecule has 0 bridgehead atoms. The molecule has 0 aromatic heterocycles. The van der Waals surface area contributed by atoms with Crippen molar-refractivity contribution in [2.75, 3.05) is 13.2 Å². The third kappa shape index (κ3) is 18.0. The van der Waals surface area contributed by atoms with Crippen molar-refractivity contribution in [2.45, 2.75) is 96.8 Å². The molecule has 0 aliphatic heterocycles. The lowest BCUT2D eigenvalue weighted by molar-refractivity contribution is 0.126. The Morgan fingerprint density at radius 2 is 1.00 bits per heavy atom. The van der Waals surface area contributed by atoms with Gasteiger partial charge in [-0.3, -0.25) is 0 Å². The monoisotopic (exact) mass is 269 g/mol. The third-order valence-electron chi connectivity index (χ3n) is 3.68. The van der Waals surface area contributed by atoms with Crippen molar-refractivity contribution in [1.82, 2.24) is 0 Å². The van der Waals surface area contributed by atoms with Gasteiger partial charge in [-0.05, 0) is 12.8 Å². The molecular weight excluding hydrogens is 232 g/mol. The lowest BCUT2D eigenvalue weighted by atomic mass is 10.1. The lowest BCUT2D eigenvalue weighted by Crippen LogP contribution is -1.97. The first-order valence-electron chi connectivity index (χ1n) is 8.78. The highest BCUT2D eigenvalue weighted by Crippen LogP contribution is 2.10. The van der Waals surface area contributed by atoms with Crippen molar-refractivity contribution >= 4 is 0 Å². The smallest absolute Gasteiger partial charge is 0.0466 e. The Morgan fingerprint density at radius 3 is 1.47 bits per heavy atom. The fourth-order valence-corrected chi connectivity index (χ4v) is 2.35. The Hall–Kier alpha value is -0.0400. The van der Waals surface area contributed by atoms with Crippen LogP contribution in [0.15, 0.2) is 0 Å². The van der Waals surface area contributed by atoms with E-state index < -0.39 is 0 Å². The standard InChI is InChI=1S/C18H37O/c1-3-5-7-9-10-11-12-13-14-16-18-19-17-15-8-6-4-2/h2-18H2,1H3. The summed E-state index contributed by atoms with van der Waals surface area (Å²) in [4.78, 5) is 0. The molecule has 0 atom stereocenters. The van der Waals surface area contributed by atoms with Gasteiger partial charge in [-0.15, -0.1) is 0 Å². The number of hydrogen-bond acceptors (Lipinski definition) is 1. The van der Waals surface area contributed by atoms with Crippen molar-refractivity contribution in [3.05, 3.63) is 6.92 Å². The topological polar surface area (TPSA) is 9.23 Å². The number of rotatable bonds is 16. The fourth-order valence-electron chi connectivity index (χ4n) is 2.35. The molecule has 115 valence electrons. The van der Waals surface area contributed by atoms with Gasteiger partial charge in [-0.25, -0.2) is 0 Å². The first-order valence-corrected chi connectivity index (χ1v) is 8.78. The van der Waals surface area contributed by atoms with Crippen molar-refractivity contribution in [3.63, 3.8) is 0 Å². The van der Waals surface area contributed by atoms with Crippen LogP contribution in [0.4, 0.5) is 0 Å². The van der Waals surface area contributed by atoms with Gasteiger partial charge in [0, 0.05) is 13.2 Å². The maximum atomic E-state index is 5.63. The summed E-state index contributed by atoms with van der Waals surface area (Å²) >= 11 is 0. The zero-order valence-corrected chi connectivity index (χ0v) is 13.4. The molecular formula is C18H37O. The molecule has 0 aromatic rings. The minimum absolute atomic E-state index is 0.956. The third-order valence-corrected chi connectivity index (χ3v) is 3.68. The largest absolute Gasteiger partial charge is 0.381 e. The van der Waals surface area contributed by atoms with E-state index in [2.05, 4.69) is 13.8 Å². The summed E-state index contributed by atoms with van der Waals surface area (Å²) in [6, 6.07) is 0. The zero-order valence-electron chi connectivity index (χ0n) is 13.4. The van der Waals surface area contributed by atoms with Crippen LogP contribution in [-0.4, -0.2) is 13.2 Å². The summed E-state index contributed by atoms with van der Waals surface area (Å²) in [6.45, 7) is 8.06. The van der Waals surface area contributed by atoms with E-state index in [-0.39, 0.29) is 0 Å². The summed E-state index contributed by atoms with van der Waals surface area (Å²) in [7, 11) is 0. The van der Waals surface area contributed by atoms with Crippen LogP contribution in [0.2, 0.25) is 0 Å². The van der Waals surface area contributed by atoms with E-state index in [4.69, 9.17) is 4.74 Å². The van der Waals surface area contributed by atoms with Crippen LogP contribution in [0.3, 0.4) is 0 Å². The van der Waals surface area contributed by atoms with Gasteiger partial charge >= 0.3 is 0 Å². The molecule has 1 nitrogen and oxygen atoms in total. The summed E-state index contributed by atoms with van der Waals surface area (Å²) in [6.07, 6.45) is 18.8. The number of unbranched alkanes of at least 4 members (excludes halogenated alkanes) is 12. The van der Waals surface area contributed by atoms with E-state index >= 15 is 0 Å². The fraction of sp³-hybridized carbons (Fsp3) is 0.944. The molecule has 0 aromatic carbocycles. The van der Waals surface area contributed by atoms with Crippen molar-refractivity contribution in [2.24, 2.45) is 0 Å². The first kappa shape index (κ1) is 19.0. The number of ether oxygens (including phenoxy) is 1. The molecule has 0 aliphatic rings. The van der Waals surface area contributed by atoms with E-state index in [1.165, 1.54) is 83.5 Å². The van der Waals surface area contributed by atoms with Crippen LogP contribution in [0.1, 0.15) is 96.8 Å². The van der Waals surface area contributed by atoms with E-state index in [0.717, 1.165) is 19.6 Å². The highest BCUT2D eigenvalue weighted by atomic mass is 16.5.